The molecule has 286 valence electrons. The number of urea groups is 1. The van der Waals surface area contributed by atoms with Crippen molar-refractivity contribution in [3.63, 3.8) is 0 Å². The average Bonchev–Trinajstić information content (AvgIpc) is 3.50. The number of nitrogens with zero attached hydrogens (tertiary/aromatic N) is 6. The first kappa shape index (κ1) is 40.9. The monoisotopic (exact) mass is 749 g/mol. The van der Waals surface area contributed by atoms with E-state index in [1.807, 2.05) is 58.0 Å². The van der Waals surface area contributed by atoms with E-state index in [2.05, 4.69) is 20.6 Å². The number of carbonyl (C=O) groups excluding carboxylic acids is 2. The molecule has 0 saturated carbocycles. The first-order chi connectivity index (χ1) is 25.2. The summed E-state index contributed by atoms with van der Waals surface area (Å²) in [5, 5.41) is 38.8. The quantitative estimate of drug-likeness (QED) is 0.0847. The Morgan fingerprint density at radius 2 is 1.66 bits per heavy atom. The zero-order valence-electron chi connectivity index (χ0n) is 30.9. The Balaban J connectivity index is 1.63. The molecule has 4 N–H and O–H groups in total. The second-order valence-electron chi connectivity index (χ2n) is 14.0. The standard InChI is InChI=1S/C38H51N7O7S/c1-6-28(4)38(5,45-20-19-43(37(45)48)25-32-14-10-13-31(41-32)23-40-50)36(47)42-34(21-29-11-8-7-9-12-29)35(46)26-44(24-27(2)3)53(51,52)33-17-15-30(16-18-33)22-39-49/h7-18,22-23,27-28,34-35,46,49-50H,6,19-21,24-26H2,1-5H3,(H,42,47)/t28-,34-,35+,38-/m0/s1. The number of amides is 3. The molecule has 53 heavy (non-hydrogen) atoms. The number of benzene rings is 2. The molecular formula is C38H51N7O7S. The van der Waals surface area contributed by atoms with Crippen LogP contribution in [0.2, 0.25) is 0 Å². The summed E-state index contributed by atoms with van der Waals surface area (Å²) >= 11 is 0. The molecule has 3 amide bonds. The first-order valence-electron chi connectivity index (χ1n) is 17.7. The lowest BCUT2D eigenvalue weighted by atomic mass is 9.82. The molecule has 1 aliphatic heterocycles. The number of aliphatic hydroxyl groups is 1. The van der Waals surface area contributed by atoms with Gasteiger partial charge in [0.1, 0.15) is 5.54 Å². The van der Waals surface area contributed by atoms with Crippen molar-refractivity contribution in [1.82, 2.24) is 24.4 Å². The van der Waals surface area contributed by atoms with Gasteiger partial charge in [0.25, 0.3) is 0 Å². The average molecular weight is 750 g/mol. The van der Waals surface area contributed by atoms with Crippen LogP contribution in [-0.2, 0) is 27.8 Å². The first-order valence-corrected chi connectivity index (χ1v) is 19.2. The summed E-state index contributed by atoms with van der Waals surface area (Å²) in [5.41, 5.74) is 1.04. The highest BCUT2D eigenvalue weighted by molar-refractivity contribution is 7.89. The summed E-state index contributed by atoms with van der Waals surface area (Å²) in [7, 11) is -4.09. The Hall–Kier alpha value is -4.86. The van der Waals surface area contributed by atoms with Gasteiger partial charge in [0, 0.05) is 26.2 Å². The largest absolute Gasteiger partial charge is 0.411 e. The van der Waals surface area contributed by atoms with Gasteiger partial charge in [-0.05, 0) is 60.6 Å². The number of oxime groups is 2. The normalized spacial score (nSPS) is 16.8. The van der Waals surface area contributed by atoms with E-state index in [-0.39, 0.29) is 55.4 Å². The molecule has 1 saturated heterocycles. The van der Waals surface area contributed by atoms with Crippen LogP contribution in [0.5, 0.6) is 0 Å². The van der Waals surface area contributed by atoms with Gasteiger partial charge in [0.05, 0.1) is 47.4 Å². The van der Waals surface area contributed by atoms with Crippen LogP contribution in [0.25, 0.3) is 0 Å². The number of aliphatic hydroxyl groups excluding tert-OH is 1. The van der Waals surface area contributed by atoms with Crippen molar-refractivity contribution in [2.45, 2.75) is 76.6 Å². The van der Waals surface area contributed by atoms with Crippen molar-refractivity contribution in [2.24, 2.45) is 22.1 Å². The van der Waals surface area contributed by atoms with Crippen LogP contribution >= 0.6 is 0 Å². The Morgan fingerprint density at radius 1 is 0.981 bits per heavy atom. The highest BCUT2D eigenvalue weighted by atomic mass is 32.2. The van der Waals surface area contributed by atoms with Crippen molar-refractivity contribution < 1.29 is 33.5 Å². The molecule has 4 rings (SSSR count). The Morgan fingerprint density at radius 3 is 2.28 bits per heavy atom. The van der Waals surface area contributed by atoms with Crippen molar-refractivity contribution in [2.75, 3.05) is 26.2 Å². The van der Waals surface area contributed by atoms with Crippen LogP contribution in [0.1, 0.15) is 63.6 Å². The maximum atomic E-state index is 14.6. The lowest BCUT2D eigenvalue weighted by Crippen LogP contribution is -2.64. The number of rotatable bonds is 18. The van der Waals surface area contributed by atoms with Gasteiger partial charge >= 0.3 is 6.03 Å². The number of pyridine rings is 1. The van der Waals surface area contributed by atoms with E-state index in [4.69, 9.17) is 10.4 Å². The molecule has 1 aromatic heterocycles. The van der Waals surface area contributed by atoms with Crippen LogP contribution in [0.4, 0.5) is 4.79 Å². The second-order valence-corrected chi connectivity index (χ2v) is 15.9. The van der Waals surface area contributed by atoms with Crippen LogP contribution < -0.4 is 5.32 Å². The third-order valence-corrected chi connectivity index (χ3v) is 11.7. The van der Waals surface area contributed by atoms with Gasteiger partial charge in [-0.3, -0.25) is 4.79 Å². The molecule has 2 heterocycles. The summed E-state index contributed by atoms with van der Waals surface area (Å²) in [5.74, 6) is -0.834. The number of aromatic nitrogens is 1. The molecular weight excluding hydrogens is 699 g/mol. The molecule has 4 atom stereocenters. The third kappa shape index (κ3) is 9.97. The minimum absolute atomic E-state index is 0.00832. The fourth-order valence-electron chi connectivity index (χ4n) is 6.50. The van der Waals surface area contributed by atoms with Crippen LogP contribution in [-0.4, -0.2) is 111 Å². The fraction of sp³-hybridized carbons (Fsp3) is 0.447. The Bertz CT molecular complexity index is 1840. The SMILES string of the molecule is CC[C@H](C)[C@@](C)(C(=O)N[C@@H](Cc1ccccc1)[C@H](O)CN(CC(C)C)S(=O)(=O)c1ccc(C=NO)cc1)N1CCN(Cc2cccc(C=NO)n2)C1=O. The molecule has 0 bridgehead atoms. The topological polar surface area (TPSA) is 188 Å². The molecule has 14 nitrogen and oxygen atoms in total. The van der Waals surface area contributed by atoms with Crippen LogP contribution in [0, 0.1) is 11.8 Å². The van der Waals surface area contributed by atoms with Gasteiger partial charge in [-0.1, -0.05) is 93.0 Å². The lowest BCUT2D eigenvalue weighted by molar-refractivity contribution is -0.135. The maximum Gasteiger partial charge on any atom is 0.321 e. The predicted molar refractivity (Wildman–Crippen MR) is 201 cm³/mol. The van der Waals surface area contributed by atoms with Crippen molar-refractivity contribution in [3.8, 4) is 0 Å². The van der Waals surface area contributed by atoms with Gasteiger partial charge in [-0.25, -0.2) is 18.2 Å². The number of hydrogen-bond donors (Lipinski definition) is 4. The zero-order valence-corrected chi connectivity index (χ0v) is 31.7. The Labute approximate surface area is 311 Å². The van der Waals surface area contributed by atoms with E-state index in [0.717, 1.165) is 5.56 Å². The van der Waals surface area contributed by atoms with Crippen molar-refractivity contribution in [3.05, 3.63) is 95.3 Å². The number of hydrogen-bond acceptors (Lipinski definition) is 10. The summed E-state index contributed by atoms with van der Waals surface area (Å²) in [6.07, 6.45) is 1.84. The molecule has 15 heteroatoms. The van der Waals surface area contributed by atoms with E-state index in [1.54, 1.807) is 34.9 Å². The van der Waals surface area contributed by atoms with Crippen molar-refractivity contribution in [1.29, 1.82) is 0 Å². The summed E-state index contributed by atoms with van der Waals surface area (Å²) < 4.78 is 29.1. The maximum absolute atomic E-state index is 14.6. The molecule has 2 aromatic carbocycles. The molecule has 0 unspecified atom stereocenters. The van der Waals surface area contributed by atoms with E-state index in [1.165, 1.54) is 41.0 Å². The number of nitrogens with one attached hydrogen (secondary N) is 1. The predicted octanol–water partition coefficient (Wildman–Crippen LogP) is 4.18. The third-order valence-electron chi connectivity index (χ3n) is 9.82. The summed E-state index contributed by atoms with van der Waals surface area (Å²) in [6.45, 7) is 9.97. The molecule has 0 aliphatic carbocycles. The zero-order chi connectivity index (χ0) is 38.8. The second kappa shape index (κ2) is 18.3. The van der Waals surface area contributed by atoms with Gasteiger partial charge in [-0.15, -0.1) is 0 Å². The summed E-state index contributed by atoms with van der Waals surface area (Å²) in [4.78, 5) is 36.2. The van der Waals surface area contributed by atoms with E-state index in [9.17, 15) is 23.1 Å². The molecule has 1 aliphatic rings. The fourth-order valence-corrected chi connectivity index (χ4v) is 8.13. The molecule has 1 fully saturated rings. The smallest absolute Gasteiger partial charge is 0.321 e. The lowest BCUT2D eigenvalue weighted by Gasteiger charge is -2.43. The number of carbonyl (C=O) groups is 2. The van der Waals surface area contributed by atoms with Gasteiger partial charge in [0.2, 0.25) is 15.9 Å². The molecule has 0 radical (unpaired) electrons. The van der Waals surface area contributed by atoms with Crippen LogP contribution in [0.3, 0.4) is 0 Å². The molecule has 0 spiro atoms. The van der Waals surface area contributed by atoms with Crippen LogP contribution in [0.15, 0.2) is 88.0 Å². The highest BCUT2D eigenvalue weighted by Crippen LogP contribution is 2.32. The highest BCUT2D eigenvalue weighted by Gasteiger charge is 2.50. The minimum Gasteiger partial charge on any atom is -0.411 e. The number of sulfonamides is 1. The van der Waals surface area contributed by atoms with Gasteiger partial charge < -0.3 is 30.6 Å². The van der Waals surface area contributed by atoms with Crippen molar-refractivity contribution >= 4 is 34.4 Å². The van der Waals surface area contributed by atoms with Gasteiger partial charge in [-0.2, -0.15) is 4.31 Å². The minimum atomic E-state index is -4.09. The summed E-state index contributed by atoms with van der Waals surface area (Å²) in [6, 6.07) is 19.1. The Kier molecular flexibility index (Phi) is 14.1. The van der Waals surface area contributed by atoms with E-state index in [0.29, 0.717) is 29.9 Å². The van der Waals surface area contributed by atoms with Gasteiger partial charge in [0.15, 0.2) is 0 Å². The van der Waals surface area contributed by atoms with E-state index >= 15 is 0 Å². The molecule has 3 aromatic rings. The van der Waals surface area contributed by atoms with E-state index < -0.39 is 33.6 Å².